The Labute approximate surface area is 397 Å². The average Bonchev–Trinajstić information content (AvgIpc) is 3.96. The average molecular weight is 946 g/mol. The number of aromatic nitrogens is 4. The summed E-state index contributed by atoms with van der Waals surface area (Å²) in [6, 6.07) is 7.15. The number of fused-ring (bicyclic) bond motifs is 7. The van der Waals surface area contributed by atoms with E-state index < -0.39 is 47.0 Å². The third kappa shape index (κ3) is 9.80. The van der Waals surface area contributed by atoms with Crippen molar-refractivity contribution in [2.75, 3.05) is 12.3 Å². The summed E-state index contributed by atoms with van der Waals surface area (Å²) in [5.74, 6) is 3.03. The van der Waals surface area contributed by atoms with Crippen LogP contribution in [0, 0.1) is 23.2 Å². The first-order valence-electron chi connectivity index (χ1n) is 25.5. The predicted molar refractivity (Wildman–Crippen MR) is 265 cm³/mol. The van der Waals surface area contributed by atoms with Gasteiger partial charge in [0.05, 0.1) is 12.4 Å². The molecule has 4 fully saturated rings. The second-order valence-electron chi connectivity index (χ2n) is 24.5. The molecule has 2 N–H and O–H groups in total. The molecule has 0 amide bonds. The molecule has 4 heterocycles. The summed E-state index contributed by atoms with van der Waals surface area (Å²) in [6.07, 6.45) is 16.0. The van der Waals surface area contributed by atoms with E-state index in [4.69, 9.17) is 33.5 Å². The minimum atomic E-state index is -1.98. The summed E-state index contributed by atoms with van der Waals surface area (Å²) in [6.45, 7) is 30.3. The molecule has 0 radical (unpaired) electrons. The SMILES string of the molecule is CC1(C)O[C@@H]2[C@H](O1)[C@@H](COC(=O)CCCCCCCC[C@H]1C[C@H]3[C@@H]4CCc5cc(O[Si](C)(C)C(C)(C)C)ccc5[C@H]4CC[C@]3(C)[C@H]1O[Si](C)(C)C(C)(C)C)O[C@H]2n1cnc2c(N)ncnc21. The van der Waals surface area contributed by atoms with Crippen molar-refractivity contribution in [3.8, 4) is 5.75 Å². The molecule has 0 unspecified atom stereocenters. The molecule has 12 nitrogen and oxygen atoms in total. The number of carbonyl (C=O) groups is 1. The lowest BCUT2D eigenvalue weighted by Crippen LogP contribution is -2.51. The first-order chi connectivity index (χ1) is 30.9. The number of rotatable bonds is 16. The van der Waals surface area contributed by atoms with Gasteiger partial charge in [0.15, 0.2) is 31.8 Å². The lowest BCUT2D eigenvalue weighted by Gasteiger charge is -2.52. The predicted octanol–water partition coefficient (Wildman–Crippen LogP) is 12.0. The number of carbonyl (C=O) groups excluding carboxylic acids is 1. The Kier molecular flexibility index (Phi) is 13.9. The van der Waals surface area contributed by atoms with E-state index in [0.29, 0.717) is 47.3 Å². The van der Waals surface area contributed by atoms with Gasteiger partial charge in [-0.2, -0.15) is 0 Å². The minimum absolute atomic E-state index is 0.0868. The van der Waals surface area contributed by atoms with Gasteiger partial charge < -0.3 is 33.5 Å². The minimum Gasteiger partial charge on any atom is -0.543 e. The Morgan fingerprint density at radius 3 is 2.32 bits per heavy atom. The summed E-state index contributed by atoms with van der Waals surface area (Å²) in [4.78, 5) is 25.8. The molecule has 5 aliphatic rings. The van der Waals surface area contributed by atoms with Gasteiger partial charge in [-0.25, -0.2) is 15.0 Å². The molecular formula is C52H83N5O7Si2. The second-order valence-corrected chi connectivity index (χ2v) is 34.0. The Morgan fingerprint density at radius 1 is 0.894 bits per heavy atom. The van der Waals surface area contributed by atoms with E-state index in [1.54, 1.807) is 16.5 Å². The highest BCUT2D eigenvalue weighted by Gasteiger charge is 2.60. The number of aryl methyl sites for hydroxylation is 1. The largest absolute Gasteiger partial charge is 0.543 e. The van der Waals surface area contributed by atoms with Crippen LogP contribution in [0.1, 0.15) is 163 Å². The molecule has 3 aliphatic carbocycles. The van der Waals surface area contributed by atoms with E-state index in [1.807, 2.05) is 13.8 Å². The zero-order valence-corrected chi connectivity index (χ0v) is 44.7. The second kappa shape index (κ2) is 18.5. The zero-order valence-electron chi connectivity index (χ0n) is 42.7. The fraction of sp³-hybridized carbons (Fsp3) is 0.769. The standard InChI is InChI=1S/C52H83N5O7Si2/c1-49(2,3)65(10,11)63-35-23-25-36-33(28-35)22-24-38-37(36)26-27-52(9)39(38)29-34(45(52)64-66(12,13)50(4,5)6)20-18-16-14-15-17-19-21-41(58)59-30-40-43-44(62-51(7,8)61-43)48(60-40)57-32-56-42-46(53)54-31-55-47(42)57/h23,25,28,31-32,34,37-40,43-45,48H,14-22,24,26-27,29-30H2,1-13H3,(H2,53,54,55)/t34-,37+,38+,39-,40+,43+,44+,45-,48+,52-/m0/s1. The maximum Gasteiger partial charge on any atom is 0.305 e. The van der Waals surface area contributed by atoms with Crippen LogP contribution in [0.15, 0.2) is 30.9 Å². The van der Waals surface area contributed by atoms with Crippen molar-refractivity contribution in [1.29, 1.82) is 0 Å². The first-order valence-corrected chi connectivity index (χ1v) is 31.3. The third-order valence-electron chi connectivity index (χ3n) is 17.6. The number of hydrogen-bond acceptors (Lipinski definition) is 11. The van der Waals surface area contributed by atoms with Gasteiger partial charge in [0.2, 0.25) is 8.32 Å². The summed E-state index contributed by atoms with van der Waals surface area (Å²) < 4.78 is 40.9. The molecule has 2 saturated carbocycles. The van der Waals surface area contributed by atoms with Crippen LogP contribution >= 0.6 is 0 Å². The molecule has 0 spiro atoms. The van der Waals surface area contributed by atoms with Crippen LogP contribution in [0.3, 0.4) is 0 Å². The number of nitrogens with two attached hydrogens (primary N) is 1. The molecule has 2 aromatic heterocycles. The molecule has 366 valence electrons. The van der Waals surface area contributed by atoms with E-state index in [1.165, 1.54) is 63.3 Å². The molecule has 10 atom stereocenters. The number of nitrogens with zero attached hydrogens (tertiary/aromatic N) is 4. The molecule has 0 bridgehead atoms. The molecule has 66 heavy (non-hydrogen) atoms. The highest BCUT2D eigenvalue weighted by Crippen LogP contribution is 2.64. The lowest BCUT2D eigenvalue weighted by molar-refractivity contribution is -0.202. The van der Waals surface area contributed by atoms with Crippen LogP contribution in [0.25, 0.3) is 11.2 Å². The summed E-state index contributed by atoms with van der Waals surface area (Å²) in [5, 5.41) is 0.359. The topological polar surface area (TPSA) is 142 Å². The number of nitrogen functional groups attached to an aromatic ring is 1. The number of ether oxygens (including phenoxy) is 4. The third-order valence-corrected chi connectivity index (χ3v) is 26.4. The molecule has 14 heteroatoms. The fourth-order valence-corrected chi connectivity index (χ4v) is 14.4. The quantitative estimate of drug-likeness (QED) is 0.0833. The van der Waals surface area contributed by atoms with Gasteiger partial charge in [-0.15, -0.1) is 0 Å². The number of imidazole rings is 1. The maximum absolute atomic E-state index is 13.0. The normalized spacial score (nSPS) is 30.8. The number of unbranched alkanes of at least 4 members (excludes halogenated alkanes) is 5. The van der Waals surface area contributed by atoms with E-state index in [2.05, 4.69) is 108 Å². The van der Waals surface area contributed by atoms with E-state index in [0.717, 1.165) is 37.4 Å². The van der Waals surface area contributed by atoms with Crippen LogP contribution in [-0.4, -0.2) is 78.9 Å². The van der Waals surface area contributed by atoms with Crippen LogP contribution in [0.5, 0.6) is 5.75 Å². The van der Waals surface area contributed by atoms with Gasteiger partial charge in [-0.3, -0.25) is 9.36 Å². The van der Waals surface area contributed by atoms with Crippen molar-refractivity contribution in [3.63, 3.8) is 0 Å². The van der Waals surface area contributed by atoms with Gasteiger partial charge in [0.1, 0.15) is 42.5 Å². The van der Waals surface area contributed by atoms with Gasteiger partial charge in [-0.1, -0.05) is 86.6 Å². The Balaban J connectivity index is 0.810. The van der Waals surface area contributed by atoms with Gasteiger partial charge in [0.25, 0.3) is 0 Å². The highest BCUT2D eigenvalue weighted by atomic mass is 28.4. The number of hydrogen-bond donors (Lipinski definition) is 1. The van der Waals surface area contributed by atoms with Gasteiger partial charge in [-0.05, 0) is 147 Å². The molecular weight excluding hydrogens is 863 g/mol. The van der Waals surface area contributed by atoms with Crippen LogP contribution in [-0.2, 0) is 34.6 Å². The Morgan fingerprint density at radius 2 is 1.59 bits per heavy atom. The number of esters is 1. The fourth-order valence-electron chi connectivity index (χ4n) is 11.9. The Hall–Kier alpha value is -2.89. The van der Waals surface area contributed by atoms with Crippen molar-refractivity contribution in [2.45, 2.75) is 224 Å². The lowest BCUT2D eigenvalue weighted by atomic mass is 9.55. The summed E-state index contributed by atoms with van der Waals surface area (Å²) in [5.41, 5.74) is 10.5. The zero-order chi connectivity index (χ0) is 47.6. The number of anilines is 1. The van der Waals surface area contributed by atoms with Crippen LogP contribution in [0.4, 0.5) is 5.82 Å². The molecule has 1 aromatic carbocycles. The van der Waals surface area contributed by atoms with Gasteiger partial charge in [0, 0.05) is 6.42 Å². The van der Waals surface area contributed by atoms with Gasteiger partial charge >= 0.3 is 5.97 Å². The number of benzene rings is 1. The summed E-state index contributed by atoms with van der Waals surface area (Å²) >= 11 is 0. The molecule has 2 saturated heterocycles. The van der Waals surface area contributed by atoms with E-state index in [-0.39, 0.29) is 28.1 Å². The van der Waals surface area contributed by atoms with Crippen molar-refractivity contribution >= 4 is 39.6 Å². The monoisotopic (exact) mass is 946 g/mol. The van der Waals surface area contributed by atoms with Crippen molar-refractivity contribution in [1.82, 2.24) is 19.5 Å². The van der Waals surface area contributed by atoms with Crippen molar-refractivity contribution < 1.29 is 32.6 Å². The van der Waals surface area contributed by atoms with Crippen LogP contribution in [0.2, 0.25) is 36.3 Å². The molecule has 2 aliphatic heterocycles. The molecule has 3 aromatic rings. The van der Waals surface area contributed by atoms with Crippen molar-refractivity contribution in [2.24, 2.45) is 23.2 Å². The first kappa shape index (κ1) is 49.5. The highest BCUT2D eigenvalue weighted by molar-refractivity contribution is 6.75. The maximum atomic E-state index is 13.0. The van der Waals surface area contributed by atoms with Crippen LogP contribution < -0.4 is 10.2 Å². The Bertz CT molecular complexity index is 2200. The van der Waals surface area contributed by atoms with Crippen molar-refractivity contribution in [3.05, 3.63) is 42.0 Å². The van der Waals surface area contributed by atoms with E-state index in [9.17, 15) is 4.79 Å². The molecule has 8 rings (SSSR count). The summed E-state index contributed by atoms with van der Waals surface area (Å²) in [7, 11) is -3.88. The van der Waals surface area contributed by atoms with E-state index >= 15 is 0 Å². The smallest absolute Gasteiger partial charge is 0.305 e.